The number of carbonyl (C=O) groups excluding carboxylic acids is 1. The second-order valence-electron chi connectivity index (χ2n) is 6.65. The Bertz CT molecular complexity index is 1110. The van der Waals surface area contributed by atoms with Crippen molar-refractivity contribution in [1.29, 1.82) is 0 Å². The van der Waals surface area contributed by atoms with Gasteiger partial charge in [-0.15, -0.1) is 0 Å². The van der Waals surface area contributed by atoms with E-state index in [0.717, 1.165) is 15.4 Å². The van der Waals surface area contributed by atoms with Crippen LogP contribution in [0.1, 0.15) is 21.5 Å². The Morgan fingerprint density at radius 3 is 2.31 bits per heavy atom. The van der Waals surface area contributed by atoms with E-state index >= 15 is 0 Å². The summed E-state index contributed by atoms with van der Waals surface area (Å²) in [7, 11) is -2.52. The van der Waals surface area contributed by atoms with E-state index < -0.39 is 15.8 Å². The molecule has 0 saturated carbocycles. The molecule has 150 valence electrons. The van der Waals surface area contributed by atoms with Gasteiger partial charge in [-0.25, -0.2) is 12.8 Å². The van der Waals surface area contributed by atoms with Gasteiger partial charge in [0.1, 0.15) is 5.82 Å². The van der Waals surface area contributed by atoms with Gasteiger partial charge < -0.3 is 5.32 Å². The van der Waals surface area contributed by atoms with E-state index in [2.05, 4.69) is 5.32 Å². The number of halogens is 1. The Hall–Kier alpha value is -3.19. The lowest BCUT2D eigenvalue weighted by Crippen LogP contribution is -2.27. The van der Waals surface area contributed by atoms with Gasteiger partial charge in [-0.1, -0.05) is 35.9 Å². The molecule has 0 aliphatic heterocycles. The highest BCUT2D eigenvalue weighted by atomic mass is 32.2. The van der Waals surface area contributed by atoms with E-state index in [1.54, 1.807) is 6.07 Å². The molecule has 0 aliphatic carbocycles. The normalized spacial score (nSPS) is 11.1. The van der Waals surface area contributed by atoms with Crippen molar-refractivity contribution in [2.75, 3.05) is 11.4 Å². The van der Waals surface area contributed by atoms with Crippen LogP contribution >= 0.6 is 0 Å². The number of aryl methyl sites for hydroxylation is 1. The van der Waals surface area contributed by atoms with Crippen molar-refractivity contribution in [2.45, 2.75) is 18.4 Å². The van der Waals surface area contributed by atoms with E-state index in [0.29, 0.717) is 12.2 Å². The van der Waals surface area contributed by atoms with Gasteiger partial charge in [0.15, 0.2) is 0 Å². The summed E-state index contributed by atoms with van der Waals surface area (Å²) in [6, 6.07) is 18.7. The van der Waals surface area contributed by atoms with Gasteiger partial charge in [-0.2, -0.15) is 0 Å². The van der Waals surface area contributed by atoms with Crippen LogP contribution in [0.15, 0.2) is 77.7 Å². The topological polar surface area (TPSA) is 66.5 Å². The van der Waals surface area contributed by atoms with Gasteiger partial charge in [0.2, 0.25) is 0 Å². The van der Waals surface area contributed by atoms with E-state index in [1.807, 2.05) is 31.2 Å². The minimum absolute atomic E-state index is 0.0210. The number of rotatable bonds is 6. The minimum Gasteiger partial charge on any atom is -0.348 e. The van der Waals surface area contributed by atoms with E-state index in [4.69, 9.17) is 0 Å². The van der Waals surface area contributed by atoms with Crippen LogP contribution in [0.3, 0.4) is 0 Å². The fraction of sp³-hybridized carbons (Fsp3) is 0.136. The van der Waals surface area contributed by atoms with E-state index in [-0.39, 0.29) is 16.4 Å². The number of sulfonamides is 1. The van der Waals surface area contributed by atoms with Gasteiger partial charge in [0.05, 0.1) is 10.6 Å². The fourth-order valence-electron chi connectivity index (χ4n) is 2.74. The van der Waals surface area contributed by atoms with Crippen molar-refractivity contribution in [3.63, 3.8) is 0 Å². The standard InChI is InChI=1S/C22H21FN2O3S/c1-16-6-8-17(9-7-16)15-24-22(26)18-4-3-5-21(14-18)29(27,28)25(2)20-12-10-19(23)11-13-20/h3-14H,15H2,1-2H3,(H,24,26). The SMILES string of the molecule is Cc1ccc(CNC(=O)c2cccc(S(=O)(=O)N(C)c3ccc(F)cc3)c2)cc1. The van der Waals surface area contributed by atoms with Crippen LogP contribution in [0.25, 0.3) is 0 Å². The first kappa shape index (κ1) is 20.5. The molecular weight excluding hydrogens is 391 g/mol. The van der Waals surface area contributed by atoms with Crippen molar-refractivity contribution < 1.29 is 17.6 Å². The van der Waals surface area contributed by atoms with Crippen molar-refractivity contribution in [3.8, 4) is 0 Å². The Labute approximate surface area is 169 Å². The summed E-state index contributed by atoms with van der Waals surface area (Å²) in [4.78, 5) is 12.5. The highest BCUT2D eigenvalue weighted by Crippen LogP contribution is 2.23. The van der Waals surface area contributed by atoms with Gasteiger partial charge in [-0.3, -0.25) is 9.10 Å². The maximum atomic E-state index is 13.1. The quantitative estimate of drug-likeness (QED) is 0.668. The largest absolute Gasteiger partial charge is 0.348 e. The third-order valence-corrected chi connectivity index (χ3v) is 6.30. The van der Waals surface area contributed by atoms with Crippen LogP contribution in [-0.2, 0) is 16.6 Å². The molecule has 3 rings (SSSR count). The van der Waals surface area contributed by atoms with Gasteiger partial charge >= 0.3 is 0 Å². The van der Waals surface area contributed by atoms with Crippen LogP contribution < -0.4 is 9.62 Å². The van der Waals surface area contributed by atoms with Crippen LogP contribution in [0, 0.1) is 12.7 Å². The molecular formula is C22H21FN2O3S. The molecule has 0 bridgehead atoms. The number of nitrogens with zero attached hydrogens (tertiary/aromatic N) is 1. The number of carbonyl (C=O) groups is 1. The van der Waals surface area contributed by atoms with Crippen molar-refractivity contribution in [3.05, 3.63) is 95.3 Å². The number of anilines is 1. The van der Waals surface area contributed by atoms with Crippen LogP contribution in [0.2, 0.25) is 0 Å². The van der Waals surface area contributed by atoms with Gasteiger partial charge in [-0.05, 0) is 55.0 Å². The highest BCUT2D eigenvalue weighted by molar-refractivity contribution is 7.92. The van der Waals surface area contributed by atoms with Crippen molar-refractivity contribution in [1.82, 2.24) is 5.32 Å². The number of hydrogen-bond donors (Lipinski definition) is 1. The molecule has 29 heavy (non-hydrogen) atoms. The number of benzene rings is 3. The maximum Gasteiger partial charge on any atom is 0.264 e. The number of amides is 1. The molecule has 0 spiro atoms. The molecule has 0 aromatic heterocycles. The molecule has 3 aromatic rings. The van der Waals surface area contributed by atoms with Gasteiger partial charge in [0, 0.05) is 19.2 Å². The number of nitrogens with one attached hydrogen (secondary N) is 1. The summed E-state index contributed by atoms with van der Waals surface area (Å²) in [5.74, 6) is -0.821. The van der Waals surface area contributed by atoms with Crippen molar-refractivity contribution >= 4 is 21.6 Å². The smallest absolute Gasteiger partial charge is 0.264 e. The second kappa shape index (κ2) is 8.45. The van der Waals surface area contributed by atoms with Gasteiger partial charge in [0.25, 0.3) is 15.9 Å². The Morgan fingerprint density at radius 2 is 1.66 bits per heavy atom. The molecule has 0 fully saturated rings. The summed E-state index contributed by atoms with van der Waals surface area (Å²) in [5.41, 5.74) is 2.64. The molecule has 0 unspecified atom stereocenters. The first-order valence-corrected chi connectivity index (χ1v) is 10.4. The zero-order valence-electron chi connectivity index (χ0n) is 16.1. The fourth-order valence-corrected chi connectivity index (χ4v) is 3.98. The lowest BCUT2D eigenvalue weighted by atomic mass is 10.1. The minimum atomic E-state index is -3.90. The van der Waals surface area contributed by atoms with E-state index in [1.165, 1.54) is 49.5 Å². The molecule has 0 saturated heterocycles. The summed E-state index contributed by atoms with van der Waals surface area (Å²) in [6.07, 6.45) is 0. The zero-order valence-corrected chi connectivity index (χ0v) is 16.9. The molecule has 0 aliphatic rings. The number of hydrogen-bond acceptors (Lipinski definition) is 3. The molecule has 0 heterocycles. The summed E-state index contributed by atoms with van der Waals surface area (Å²) in [5, 5.41) is 2.79. The third-order valence-electron chi connectivity index (χ3n) is 4.52. The average molecular weight is 412 g/mol. The highest BCUT2D eigenvalue weighted by Gasteiger charge is 2.22. The molecule has 0 radical (unpaired) electrons. The Kier molecular flexibility index (Phi) is 5.98. The Morgan fingerprint density at radius 1 is 1.00 bits per heavy atom. The molecule has 1 N–H and O–H groups in total. The Balaban J connectivity index is 1.77. The molecule has 5 nitrogen and oxygen atoms in total. The van der Waals surface area contributed by atoms with E-state index in [9.17, 15) is 17.6 Å². The third kappa shape index (κ3) is 4.81. The molecule has 7 heteroatoms. The first-order chi connectivity index (χ1) is 13.8. The second-order valence-corrected chi connectivity index (χ2v) is 8.61. The predicted molar refractivity (Wildman–Crippen MR) is 111 cm³/mol. The van der Waals surface area contributed by atoms with Crippen LogP contribution in [-0.4, -0.2) is 21.4 Å². The van der Waals surface area contributed by atoms with Crippen LogP contribution in [0.5, 0.6) is 0 Å². The maximum absolute atomic E-state index is 13.1. The lowest BCUT2D eigenvalue weighted by molar-refractivity contribution is 0.0950. The summed E-state index contributed by atoms with van der Waals surface area (Å²) in [6.45, 7) is 2.32. The molecule has 0 atom stereocenters. The summed E-state index contributed by atoms with van der Waals surface area (Å²) >= 11 is 0. The zero-order chi connectivity index (χ0) is 21.0. The van der Waals surface area contributed by atoms with Crippen LogP contribution in [0.4, 0.5) is 10.1 Å². The first-order valence-electron chi connectivity index (χ1n) is 8.96. The predicted octanol–water partition coefficient (Wildman–Crippen LogP) is 3.89. The monoisotopic (exact) mass is 412 g/mol. The molecule has 3 aromatic carbocycles. The molecule has 1 amide bonds. The summed E-state index contributed by atoms with van der Waals surface area (Å²) < 4.78 is 40.0. The lowest BCUT2D eigenvalue weighted by Gasteiger charge is -2.19. The van der Waals surface area contributed by atoms with Crippen molar-refractivity contribution in [2.24, 2.45) is 0 Å². The average Bonchev–Trinajstić information content (AvgIpc) is 2.73.